The van der Waals surface area contributed by atoms with Gasteiger partial charge in [0.1, 0.15) is 0 Å². The molecule has 2 aromatic carbocycles. The van der Waals surface area contributed by atoms with Gasteiger partial charge in [-0.25, -0.2) is 0 Å². The second-order valence-electron chi connectivity index (χ2n) is 7.97. The van der Waals surface area contributed by atoms with Gasteiger partial charge in [0.2, 0.25) is 5.91 Å². The third-order valence-corrected chi connectivity index (χ3v) is 4.60. The van der Waals surface area contributed by atoms with E-state index in [9.17, 15) is 18.4 Å². The minimum Gasteiger partial charge on any atom is -0.493 e. The van der Waals surface area contributed by atoms with Crippen molar-refractivity contribution in [3.8, 4) is 11.5 Å². The van der Waals surface area contributed by atoms with Crippen molar-refractivity contribution in [2.45, 2.75) is 39.2 Å². The Balaban J connectivity index is 1.80. The zero-order valence-electron chi connectivity index (χ0n) is 18.1. The van der Waals surface area contributed by atoms with Crippen molar-refractivity contribution in [2.75, 3.05) is 20.2 Å². The maximum Gasteiger partial charge on any atom is 0.387 e. The predicted molar refractivity (Wildman–Crippen MR) is 114 cm³/mol. The molecule has 2 amide bonds. The first-order valence-electron chi connectivity index (χ1n) is 9.87. The molecular formula is C23H28F2N2O4. The molecule has 0 bridgehead atoms. The molecule has 0 heterocycles. The van der Waals surface area contributed by atoms with E-state index in [0.717, 1.165) is 5.56 Å². The number of ether oxygens (including phenoxy) is 2. The monoisotopic (exact) mass is 434 g/mol. The average molecular weight is 434 g/mol. The van der Waals surface area contributed by atoms with Crippen LogP contribution in [0.15, 0.2) is 42.5 Å². The molecule has 0 fully saturated rings. The first-order chi connectivity index (χ1) is 14.6. The zero-order valence-corrected chi connectivity index (χ0v) is 18.1. The third kappa shape index (κ3) is 7.55. The molecule has 2 rings (SSSR count). The van der Waals surface area contributed by atoms with Crippen molar-refractivity contribution in [3.63, 3.8) is 0 Å². The zero-order chi connectivity index (χ0) is 23.0. The molecule has 2 N–H and O–H groups in total. The lowest BCUT2D eigenvalue weighted by Crippen LogP contribution is -2.37. The summed E-state index contributed by atoms with van der Waals surface area (Å²) in [6.07, 6.45) is 0.400. The lowest BCUT2D eigenvalue weighted by molar-refractivity contribution is -0.120. The van der Waals surface area contributed by atoms with Gasteiger partial charge < -0.3 is 20.1 Å². The second-order valence-corrected chi connectivity index (χ2v) is 7.97. The van der Waals surface area contributed by atoms with E-state index in [0.29, 0.717) is 17.5 Å². The average Bonchev–Trinajstić information content (AvgIpc) is 2.71. The molecule has 0 saturated heterocycles. The number of hydrogen-bond donors (Lipinski definition) is 2. The van der Waals surface area contributed by atoms with Gasteiger partial charge in [-0.05, 0) is 47.2 Å². The molecule has 2 aromatic rings. The molecule has 0 aliphatic heterocycles. The van der Waals surface area contributed by atoms with Gasteiger partial charge in [0.15, 0.2) is 11.5 Å². The Hall–Kier alpha value is -3.16. The number of carbonyl (C=O) groups excluding carboxylic acids is 2. The molecule has 0 atom stereocenters. The van der Waals surface area contributed by atoms with E-state index >= 15 is 0 Å². The van der Waals surface area contributed by atoms with Crippen LogP contribution in [0.1, 0.15) is 42.3 Å². The molecule has 8 heteroatoms. The molecular weight excluding hydrogens is 406 g/mol. The van der Waals surface area contributed by atoms with Gasteiger partial charge in [-0.2, -0.15) is 8.78 Å². The number of carbonyl (C=O) groups is 2. The van der Waals surface area contributed by atoms with Crippen molar-refractivity contribution in [1.29, 1.82) is 0 Å². The summed E-state index contributed by atoms with van der Waals surface area (Å²) in [5, 5.41) is 5.26. The summed E-state index contributed by atoms with van der Waals surface area (Å²) < 4.78 is 34.4. The van der Waals surface area contributed by atoms with Crippen LogP contribution >= 0.6 is 0 Å². The van der Waals surface area contributed by atoms with Crippen LogP contribution in [0.25, 0.3) is 0 Å². The number of halogens is 2. The maximum atomic E-state index is 12.5. The Morgan fingerprint density at radius 2 is 1.68 bits per heavy atom. The number of rotatable bonds is 9. The molecule has 168 valence electrons. The van der Waals surface area contributed by atoms with Gasteiger partial charge >= 0.3 is 6.61 Å². The highest BCUT2D eigenvalue weighted by Gasteiger charge is 2.15. The largest absolute Gasteiger partial charge is 0.493 e. The fourth-order valence-corrected chi connectivity index (χ4v) is 2.86. The van der Waals surface area contributed by atoms with Crippen LogP contribution in [0.4, 0.5) is 8.78 Å². The molecule has 0 aliphatic carbocycles. The molecule has 0 unspecified atom stereocenters. The standard InChI is InChI=1S/C23H28F2N2O4/c1-23(2,3)17-8-6-16(7-9-17)21(29)27-14-20(28)26-12-11-15-5-10-18(30-4)19(13-15)31-22(24)25/h5-10,13,22H,11-12,14H2,1-4H3,(H,26,28)(H,27,29). The lowest BCUT2D eigenvalue weighted by atomic mass is 9.87. The van der Waals surface area contributed by atoms with Crippen molar-refractivity contribution in [3.05, 3.63) is 59.2 Å². The van der Waals surface area contributed by atoms with E-state index in [1.54, 1.807) is 18.2 Å². The van der Waals surface area contributed by atoms with E-state index < -0.39 is 6.61 Å². The summed E-state index contributed by atoms with van der Waals surface area (Å²) in [5.41, 5.74) is 2.28. The number of hydrogen-bond acceptors (Lipinski definition) is 4. The number of benzene rings is 2. The highest BCUT2D eigenvalue weighted by Crippen LogP contribution is 2.29. The van der Waals surface area contributed by atoms with Gasteiger partial charge in [-0.15, -0.1) is 0 Å². The Morgan fingerprint density at radius 3 is 2.26 bits per heavy atom. The Labute approximate surface area is 180 Å². The number of alkyl halides is 2. The van der Waals surface area contributed by atoms with E-state index in [2.05, 4.69) is 36.1 Å². The van der Waals surface area contributed by atoms with E-state index in [4.69, 9.17) is 4.74 Å². The van der Waals surface area contributed by atoms with E-state index in [1.807, 2.05) is 12.1 Å². The van der Waals surface area contributed by atoms with Crippen LogP contribution in [-0.2, 0) is 16.6 Å². The Kier molecular flexibility index (Phi) is 8.36. The fourth-order valence-electron chi connectivity index (χ4n) is 2.86. The van der Waals surface area contributed by atoms with Crippen LogP contribution in [0.2, 0.25) is 0 Å². The Bertz CT molecular complexity index is 893. The molecule has 0 saturated carbocycles. The molecule has 31 heavy (non-hydrogen) atoms. The quantitative estimate of drug-likeness (QED) is 0.631. The minimum absolute atomic E-state index is 0.00881. The van der Waals surface area contributed by atoms with Crippen LogP contribution < -0.4 is 20.1 Å². The van der Waals surface area contributed by atoms with Crippen molar-refractivity contribution < 1.29 is 27.8 Å². The topological polar surface area (TPSA) is 76.7 Å². The normalized spacial score (nSPS) is 11.2. The summed E-state index contributed by atoms with van der Waals surface area (Å²) in [6, 6.07) is 11.9. The van der Waals surface area contributed by atoms with Crippen molar-refractivity contribution >= 4 is 11.8 Å². The first-order valence-corrected chi connectivity index (χ1v) is 9.87. The van der Waals surface area contributed by atoms with Gasteiger partial charge in [-0.3, -0.25) is 9.59 Å². The summed E-state index contributed by atoms with van der Waals surface area (Å²) in [4.78, 5) is 24.2. The highest BCUT2D eigenvalue weighted by molar-refractivity contribution is 5.96. The summed E-state index contributed by atoms with van der Waals surface area (Å²) in [7, 11) is 1.36. The van der Waals surface area contributed by atoms with Gasteiger partial charge in [-0.1, -0.05) is 39.0 Å². The molecule has 0 radical (unpaired) electrons. The molecule has 0 aromatic heterocycles. The third-order valence-electron chi connectivity index (χ3n) is 4.60. The Morgan fingerprint density at radius 1 is 1.00 bits per heavy atom. The van der Waals surface area contributed by atoms with Gasteiger partial charge in [0.25, 0.3) is 5.91 Å². The second kappa shape index (κ2) is 10.7. The number of amides is 2. The van der Waals surface area contributed by atoms with Crippen LogP contribution in [0, 0.1) is 0 Å². The van der Waals surface area contributed by atoms with Gasteiger partial charge in [0, 0.05) is 12.1 Å². The minimum atomic E-state index is -2.96. The predicted octanol–water partition coefficient (Wildman–Crippen LogP) is 3.68. The fraction of sp³-hybridized carbons (Fsp3) is 0.391. The summed E-state index contributed by atoms with van der Waals surface area (Å²) in [5.74, 6) is -0.547. The maximum absolute atomic E-state index is 12.5. The SMILES string of the molecule is COc1ccc(CCNC(=O)CNC(=O)c2ccc(C(C)(C)C)cc2)cc1OC(F)F. The van der Waals surface area contributed by atoms with Gasteiger partial charge in [0.05, 0.1) is 13.7 Å². The molecule has 0 aliphatic rings. The first kappa shape index (κ1) is 24.1. The molecule has 0 spiro atoms. The van der Waals surface area contributed by atoms with Crippen LogP contribution in [0.5, 0.6) is 11.5 Å². The van der Waals surface area contributed by atoms with E-state index in [-0.39, 0.29) is 41.8 Å². The van der Waals surface area contributed by atoms with E-state index in [1.165, 1.54) is 19.2 Å². The summed E-state index contributed by atoms with van der Waals surface area (Å²) >= 11 is 0. The van der Waals surface area contributed by atoms with Crippen LogP contribution in [0.3, 0.4) is 0 Å². The highest BCUT2D eigenvalue weighted by atomic mass is 19.3. The summed E-state index contributed by atoms with van der Waals surface area (Å²) in [6.45, 7) is 3.41. The van der Waals surface area contributed by atoms with Crippen molar-refractivity contribution in [1.82, 2.24) is 10.6 Å². The number of nitrogens with one attached hydrogen (secondary N) is 2. The smallest absolute Gasteiger partial charge is 0.387 e. The van der Waals surface area contributed by atoms with Crippen LogP contribution in [-0.4, -0.2) is 38.6 Å². The molecule has 6 nitrogen and oxygen atoms in total. The lowest BCUT2D eigenvalue weighted by Gasteiger charge is -2.19. The van der Waals surface area contributed by atoms with Crippen molar-refractivity contribution in [2.24, 2.45) is 0 Å². The number of methoxy groups -OCH3 is 1.